The van der Waals surface area contributed by atoms with Crippen LogP contribution in [0.5, 0.6) is 0 Å². The van der Waals surface area contributed by atoms with Crippen LogP contribution >= 0.6 is 11.6 Å². The van der Waals surface area contributed by atoms with Gasteiger partial charge >= 0.3 is 0 Å². The summed E-state index contributed by atoms with van der Waals surface area (Å²) in [7, 11) is 0. The number of hydrogen-bond donors (Lipinski definition) is 1. The van der Waals surface area contributed by atoms with Gasteiger partial charge in [-0.1, -0.05) is 6.92 Å². The quantitative estimate of drug-likeness (QED) is 0.885. The first kappa shape index (κ1) is 13.3. The van der Waals surface area contributed by atoms with E-state index in [2.05, 4.69) is 38.6 Å². The van der Waals surface area contributed by atoms with Crippen molar-refractivity contribution in [1.29, 1.82) is 0 Å². The maximum Gasteiger partial charge on any atom is 0.231 e. The van der Waals surface area contributed by atoms with E-state index in [0.717, 1.165) is 26.2 Å². The van der Waals surface area contributed by atoms with Crippen molar-refractivity contribution in [3.63, 3.8) is 0 Å². The SMILES string of the molecule is CCC(C)N1CCN(c2nc(N)nc(Cl)n2)CC1. The van der Waals surface area contributed by atoms with Gasteiger partial charge in [0.15, 0.2) is 0 Å². The lowest BCUT2D eigenvalue weighted by molar-refractivity contribution is 0.192. The van der Waals surface area contributed by atoms with Crippen molar-refractivity contribution in [2.75, 3.05) is 36.8 Å². The Morgan fingerprint density at radius 1 is 1.22 bits per heavy atom. The van der Waals surface area contributed by atoms with E-state index in [9.17, 15) is 0 Å². The van der Waals surface area contributed by atoms with Crippen LogP contribution in [-0.4, -0.2) is 52.1 Å². The molecule has 1 aliphatic rings. The summed E-state index contributed by atoms with van der Waals surface area (Å²) >= 11 is 5.79. The Bertz CT molecular complexity index is 384. The number of hydrogen-bond acceptors (Lipinski definition) is 6. The van der Waals surface area contributed by atoms with Crippen molar-refractivity contribution in [1.82, 2.24) is 19.9 Å². The van der Waals surface area contributed by atoms with Crippen molar-refractivity contribution in [2.24, 2.45) is 0 Å². The molecular formula is C11H19ClN6. The van der Waals surface area contributed by atoms with Crippen molar-refractivity contribution in [3.05, 3.63) is 5.28 Å². The number of anilines is 2. The molecule has 0 amide bonds. The van der Waals surface area contributed by atoms with Crippen molar-refractivity contribution >= 4 is 23.5 Å². The number of nitrogens with zero attached hydrogens (tertiary/aromatic N) is 5. The average molecular weight is 271 g/mol. The van der Waals surface area contributed by atoms with Gasteiger partial charge < -0.3 is 10.6 Å². The van der Waals surface area contributed by atoms with E-state index in [4.69, 9.17) is 17.3 Å². The minimum Gasteiger partial charge on any atom is -0.368 e. The molecule has 1 atom stereocenters. The van der Waals surface area contributed by atoms with Gasteiger partial charge in [0.2, 0.25) is 17.2 Å². The van der Waals surface area contributed by atoms with E-state index in [-0.39, 0.29) is 11.2 Å². The van der Waals surface area contributed by atoms with Crippen molar-refractivity contribution < 1.29 is 0 Å². The molecule has 0 aromatic carbocycles. The van der Waals surface area contributed by atoms with Crippen LogP contribution in [0, 0.1) is 0 Å². The van der Waals surface area contributed by atoms with Crippen LogP contribution in [0.25, 0.3) is 0 Å². The third-order valence-corrected chi connectivity index (χ3v) is 3.59. The molecule has 7 heteroatoms. The smallest absolute Gasteiger partial charge is 0.231 e. The molecule has 0 radical (unpaired) electrons. The van der Waals surface area contributed by atoms with Gasteiger partial charge in [0.05, 0.1) is 0 Å². The van der Waals surface area contributed by atoms with Crippen LogP contribution in [0.4, 0.5) is 11.9 Å². The summed E-state index contributed by atoms with van der Waals surface area (Å²) in [6.07, 6.45) is 1.17. The van der Waals surface area contributed by atoms with Crippen LogP contribution < -0.4 is 10.6 Å². The topological polar surface area (TPSA) is 71.2 Å². The van der Waals surface area contributed by atoms with E-state index in [1.807, 2.05) is 0 Å². The summed E-state index contributed by atoms with van der Waals surface area (Å²) in [6, 6.07) is 0.624. The Balaban J connectivity index is 2.01. The molecule has 100 valence electrons. The number of nitrogens with two attached hydrogens (primary N) is 1. The zero-order valence-electron chi connectivity index (χ0n) is 10.8. The van der Waals surface area contributed by atoms with Gasteiger partial charge in [-0.3, -0.25) is 4.90 Å². The second-order valence-electron chi connectivity index (χ2n) is 4.54. The molecule has 1 aromatic heterocycles. The van der Waals surface area contributed by atoms with Gasteiger partial charge in [-0.15, -0.1) is 0 Å². The molecule has 2 N–H and O–H groups in total. The van der Waals surface area contributed by atoms with E-state index in [1.54, 1.807) is 0 Å². The van der Waals surface area contributed by atoms with Crippen molar-refractivity contribution in [3.8, 4) is 0 Å². The standard InChI is InChI=1S/C11H19ClN6/c1-3-8(2)17-4-6-18(7-5-17)11-15-9(12)14-10(13)16-11/h8H,3-7H2,1-2H3,(H2,13,14,15,16). The third-order valence-electron chi connectivity index (χ3n) is 3.42. The number of aromatic nitrogens is 3. The highest BCUT2D eigenvalue weighted by Crippen LogP contribution is 2.16. The van der Waals surface area contributed by atoms with Gasteiger partial charge in [-0.2, -0.15) is 15.0 Å². The highest BCUT2D eigenvalue weighted by atomic mass is 35.5. The third kappa shape index (κ3) is 3.00. The van der Waals surface area contributed by atoms with Gasteiger partial charge in [-0.05, 0) is 24.9 Å². The molecular weight excluding hydrogens is 252 g/mol. The first-order valence-corrected chi connectivity index (χ1v) is 6.64. The zero-order chi connectivity index (χ0) is 13.1. The van der Waals surface area contributed by atoms with Crippen LogP contribution in [0.1, 0.15) is 20.3 Å². The molecule has 1 fully saturated rings. The molecule has 1 unspecified atom stereocenters. The molecule has 0 saturated carbocycles. The molecule has 2 rings (SSSR count). The molecule has 2 heterocycles. The second-order valence-corrected chi connectivity index (χ2v) is 4.88. The zero-order valence-corrected chi connectivity index (χ0v) is 11.6. The number of piperazine rings is 1. The Labute approximate surface area is 112 Å². The molecule has 1 aliphatic heterocycles. The Morgan fingerprint density at radius 2 is 1.89 bits per heavy atom. The van der Waals surface area contributed by atoms with Gasteiger partial charge in [-0.25, -0.2) is 0 Å². The van der Waals surface area contributed by atoms with Gasteiger partial charge in [0.1, 0.15) is 0 Å². The molecule has 0 bridgehead atoms. The molecule has 18 heavy (non-hydrogen) atoms. The molecule has 0 spiro atoms. The monoisotopic (exact) mass is 270 g/mol. The summed E-state index contributed by atoms with van der Waals surface area (Å²) in [5, 5.41) is 0.154. The summed E-state index contributed by atoms with van der Waals surface area (Å²) in [5.41, 5.74) is 5.58. The highest BCUT2D eigenvalue weighted by molar-refractivity contribution is 6.28. The Hall–Kier alpha value is -1.14. The molecule has 1 saturated heterocycles. The Kier molecular flexibility index (Phi) is 4.19. The predicted molar refractivity (Wildman–Crippen MR) is 72.8 cm³/mol. The summed E-state index contributed by atoms with van der Waals surface area (Å²) in [6.45, 7) is 8.28. The number of halogens is 1. The highest BCUT2D eigenvalue weighted by Gasteiger charge is 2.22. The van der Waals surface area contributed by atoms with Crippen molar-refractivity contribution in [2.45, 2.75) is 26.3 Å². The second kappa shape index (κ2) is 5.67. The van der Waals surface area contributed by atoms with E-state index < -0.39 is 0 Å². The fourth-order valence-corrected chi connectivity index (χ4v) is 2.28. The molecule has 1 aromatic rings. The summed E-state index contributed by atoms with van der Waals surface area (Å²) in [5.74, 6) is 0.755. The lowest BCUT2D eigenvalue weighted by Gasteiger charge is -2.37. The van der Waals surface area contributed by atoms with Gasteiger partial charge in [0.25, 0.3) is 0 Å². The normalized spacial score (nSPS) is 18.9. The van der Waals surface area contributed by atoms with Crippen LogP contribution in [-0.2, 0) is 0 Å². The average Bonchev–Trinajstić information content (AvgIpc) is 2.37. The summed E-state index contributed by atoms with van der Waals surface area (Å²) in [4.78, 5) is 16.6. The largest absolute Gasteiger partial charge is 0.368 e. The fourth-order valence-electron chi connectivity index (χ4n) is 2.12. The first-order chi connectivity index (χ1) is 8.60. The molecule has 0 aliphatic carbocycles. The minimum atomic E-state index is 0.154. The predicted octanol–water partition coefficient (Wildman–Crippen LogP) is 1.03. The van der Waals surface area contributed by atoms with Crippen LogP contribution in [0.3, 0.4) is 0 Å². The van der Waals surface area contributed by atoms with E-state index in [0.29, 0.717) is 12.0 Å². The lowest BCUT2D eigenvalue weighted by atomic mass is 10.2. The van der Waals surface area contributed by atoms with Crippen LogP contribution in [0.15, 0.2) is 0 Å². The number of rotatable bonds is 3. The van der Waals surface area contributed by atoms with Crippen LogP contribution in [0.2, 0.25) is 5.28 Å². The minimum absolute atomic E-state index is 0.154. The first-order valence-electron chi connectivity index (χ1n) is 6.26. The maximum absolute atomic E-state index is 5.79. The number of nitrogen functional groups attached to an aromatic ring is 1. The summed E-state index contributed by atoms with van der Waals surface area (Å²) < 4.78 is 0. The van der Waals surface area contributed by atoms with Gasteiger partial charge in [0, 0.05) is 32.2 Å². The molecule has 6 nitrogen and oxygen atoms in total. The van der Waals surface area contributed by atoms with E-state index >= 15 is 0 Å². The maximum atomic E-state index is 5.79. The lowest BCUT2D eigenvalue weighted by Crippen LogP contribution is -2.50. The Morgan fingerprint density at radius 3 is 2.44 bits per heavy atom. The van der Waals surface area contributed by atoms with E-state index in [1.165, 1.54) is 6.42 Å². The fraction of sp³-hybridized carbons (Fsp3) is 0.727.